The molecule has 0 fully saturated rings. The van der Waals surface area contributed by atoms with Gasteiger partial charge in [-0.1, -0.05) is 67.2 Å². The fourth-order valence-corrected chi connectivity index (χ4v) is 6.10. The van der Waals surface area contributed by atoms with Crippen LogP contribution in [0, 0.1) is 11.6 Å². The first-order valence-electron chi connectivity index (χ1n) is 16.6. The Balaban J connectivity index is 1.47. The normalized spacial score (nSPS) is 12.9. The highest BCUT2D eigenvalue weighted by Crippen LogP contribution is 2.25. The Morgan fingerprint density at radius 2 is 1.46 bits per heavy atom. The number of halogens is 2. The third-order valence-electron chi connectivity index (χ3n) is 9.17. The van der Waals surface area contributed by atoms with Gasteiger partial charge in [-0.15, -0.1) is 0 Å². The van der Waals surface area contributed by atoms with Gasteiger partial charge in [0.1, 0.15) is 6.04 Å². The van der Waals surface area contributed by atoms with Crippen molar-refractivity contribution in [1.82, 2.24) is 20.1 Å². The van der Waals surface area contributed by atoms with Gasteiger partial charge >= 0.3 is 0 Å². The number of hydrogen-bond donors (Lipinski definition) is 2. The summed E-state index contributed by atoms with van der Waals surface area (Å²) >= 11 is 0. The number of amides is 2. The second-order valence-electron chi connectivity index (χ2n) is 12.7. The van der Waals surface area contributed by atoms with Gasteiger partial charge in [0.05, 0.1) is 6.04 Å². The number of pyridine rings is 1. The van der Waals surface area contributed by atoms with E-state index >= 15 is 0 Å². The first-order chi connectivity index (χ1) is 24.0. The molecule has 4 aromatic carbocycles. The Morgan fingerprint density at radius 1 is 0.780 bits per heavy atom. The molecule has 0 saturated carbocycles. The molecule has 5 rings (SSSR count). The highest BCUT2D eigenvalue weighted by molar-refractivity contribution is 5.94. The lowest BCUT2D eigenvalue weighted by atomic mass is 9.96. The van der Waals surface area contributed by atoms with Crippen LogP contribution in [0.5, 0.6) is 0 Å². The van der Waals surface area contributed by atoms with E-state index in [1.54, 1.807) is 48.4 Å². The number of carbonyl (C=O) groups is 2. The average Bonchev–Trinajstić information content (AvgIpc) is 3.13. The van der Waals surface area contributed by atoms with E-state index in [9.17, 15) is 18.4 Å². The van der Waals surface area contributed by atoms with Crippen LogP contribution in [-0.4, -0.2) is 59.3 Å². The quantitative estimate of drug-likeness (QED) is 0.138. The number of likely N-dealkylation sites (N-methyl/N-ethyl adjacent to an activating group) is 2. The zero-order valence-electron chi connectivity index (χ0n) is 28.7. The maximum atomic E-state index is 14.3. The van der Waals surface area contributed by atoms with Crippen LogP contribution >= 0.6 is 0 Å². The zero-order valence-corrected chi connectivity index (χ0v) is 28.7. The summed E-state index contributed by atoms with van der Waals surface area (Å²) in [6, 6.07) is 27.2. The molecule has 9 heteroatoms. The molecule has 0 aliphatic rings. The molecule has 1 heterocycles. The highest BCUT2D eigenvalue weighted by Gasteiger charge is 2.32. The van der Waals surface area contributed by atoms with Gasteiger partial charge in [-0.05, 0) is 89.2 Å². The lowest BCUT2D eigenvalue weighted by Crippen LogP contribution is -2.51. The maximum absolute atomic E-state index is 14.3. The van der Waals surface area contributed by atoms with E-state index in [4.69, 9.17) is 5.73 Å². The molecule has 0 saturated heterocycles. The van der Waals surface area contributed by atoms with Crippen molar-refractivity contribution in [3.8, 4) is 0 Å². The number of nitrogens with zero attached hydrogens (tertiary/aromatic N) is 3. The summed E-state index contributed by atoms with van der Waals surface area (Å²) < 4.78 is 28.2. The van der Waals surface area contributed by atoms with Crippen LogP contribution in [0.15, 0.2) is 122 Å². The molecule has 1 aromatic heterocycles. The van der Waals surface area contributed by atoms with Crippen molar-refractivity contribution in [2.45, 2.75) is 44.3 Å². The van der Waals surface area contributed by atoms with Crippen LogP contribution in [-0.2, 0) is 24.1 Å². The van der Waals surface area contributed by atoms with Gasteiger partial charge in [-0.25, -0.2) is 8.78 Å². The Hall–Kier alpha value is -5.41. The van der Waals surface area contributed by atoms with Crippen molar-refractivity contribution in [1.29, 1.82) is 0 Å². The largest absolute Gasteiger partial charge is 0.365 e. The van der Waals surface area contributed by atoms with Crippen molar-refractivity contribution >= 4 is 22.6 Å². The lowest BCUT2D eigenvalue weighted by Gasteiger charge is -2.38. The first kappa shape index (κ1) is 35.9. The van der Waals surface area contributed by atoms with Gasteiger partial charge in [-0.3, -0.25) is 14.6 Å². The van der Waals surface area contributed by atoms with Crippen LogP contribution in [0.3, 0.4) is 0 Å². The van der Waals surface area contributed by atoms with E-state index < -0.39 is 23.7 Å². The average molecular weight is 676 g/mol. The molecule has 0 radical (unpaired) electrons. The highest BCUT2D eigenvalue weighted by atomic mass is 19.2. The number of benzene rings is 4. The fraction of sp³-hybridized carbons (Fsp3) is 0.244. The Kier molecular flexibility index (Phi) is 11.7. The van der Waals surface area contributed by atoms with Gasteiger partial charge in [0.2, 0.25) is 5.91 Å². The van der Waals surface area contributed by atoms with Crippen LogP contribution in [0.25, 0.3) is 10.8 Å². The Labute approximate surface area is 292 Å². The minimum Gasteiger partial charge on any atom is -0.365 e. The number of nitrogens with one attached hydrogen (secondary N) is 1. The number of rotatable bonds is 14. The van der Waals surface area contributed by atoms with Crippen molar-refractivity contribution < 1.29 is 18.4 Å². The molecule has 3 N–H and O–H groups in total. The number of nitrogens with two attached hydrogens (primary N) is 1. The number of fused-ring (bicyclic) bond motifs is 1. The third-order valence-corrected chi connectivity index (χ3v) is 9.17. The van der Waals surface area contributed by atoms with E-state index in [1.165, 1.54) is 6.07 Å². The summed E-state index contributed by atoms with van der Waals surface area (Å²) in [4.78, 5) is 35.5. The van der Waals surface area contributed by atoms with Crippen LogP contribution < -0.4 is 11.1 Å². The first-order valence-corrected chi connectivity index (χ1v) is 16.6. The van der Waals surface area contributed by atoms with Crippen molar-refractivity contribution in [2.24, 2.45) is 5.73 Å². The Morgan fingerprint density at radius 3 is 2.18 bits per heavy atom. The molecule has 0 aliphatic heterocycles. The standard InChI is InChI=1S/C41H43F2N5O2/c1-27(44)33-10-7-11-35(26-33)41(50)48(4)38(24-30-12-14-32-8-5-6-9-34(32)22-30)28(2)47(3)39(25-31-13-15-36(42)37(43)23-31)40(49)46-21-18-29-16-19-45-20-17-29/h5-17,19-20,22-23,26-27,38-39H,2,18,21,24-25,44H2,1,3-4H3,(H,46,49)/t27?,38-,39?/m1/s1. The SMILES string of the molecule is C=C([C@@H](Cc1ccc2ccccc2c1)N(C)C(=O)c1cccc(C(C)N)c1)N(C)C(Cc1ccc(F)c(F)c1)C(=O)NCCc1ccncc1. The second kappa shape index (κ2) is 16.3. The van der Waals surface area contributed by atoms with Crippen molar-refractivity contribution in [3.05, 3.63) is 161 Å². The predicted octanol–water partition coefficient (Wildman–Crippen LogP) is 6.63. The van der Waals surface area contributed by atoms with Gasteiger partial charge in [0.15, 0.2) is 11.6 Å². The predicted molar refractivity (Wildman–Crippen MR) is 194 cm³/mol. The van der Waals surface area contributed by atoms with E-state index in [-0.39, 0.29) is 24.3 Å². The number of hydrogen-bond acceptors (Lipinski definition) is 5. The molecule has 0 aliphatic carbocycles. The van der Waals surface area contributed by atoms with Crippen molar-refractivity contribution in [2.75, 3.05) is 20.6 Å². The molecule has 50 heavy (non-hydrogen) atoms. The fourth-order valence-electron chi connectivity index (χ4n) is 6.10. The molecule has 2 unspecified atom stereocenters. The number of aromatic nitrogens is 1. The third kappa shape index (κ3) is 8.78. The van der Waals surface area contributed by atoms with E-state index in [0.29, 0.717) is 36.2 Å². The monoisotopic (exact) mass is 675 g/mol. The van der Waals surface area contributed by atoms with Crippen LogP contribution in [0.1, 0.15) is 45.6 Å². The van der Waals surface area contributed by atoms with Crippen LogP contribution in [0.4, 0.5) is 8.78 Å². The smallest absolute Gasteiger partial charge is 0.254 e. The second-order valence-corrected chi connectivity index (χ2v) is 12.7. The molecule has 0 spiro atoms. The molecule has 0 bridgehead atoms. The van der Waals surface area contributed by atoms with Crippen LogP contribution in [0.2, 0.25) is 0 Å². The Bertz CT molecular complexity index is 1970. The minimum absolute atomic E-state index is 0.0740. The van der Waals surface area contributed by atoms with E-state index in [1.807, 2.05) is 67.6 Å². The molecular weight excluding hydrogens is 632 g/mol. The van der Waals surface area contributed by atoms with E-state index in [0.717, 1.165) is 39.6 Å². The summed E-state index contributed by atoms with van der Waals surface area (Å²) in [6.45, 7) is 6.67. The van der Waals surface area contributed by atoms with Gasteiger partial charge in [0.25, 0.3) is 5.91 Å². The van der Waals surface area contributed by atoms with E-state index in [2.05, 4.69) is 22.9 Å². The number of carbonyl (C=O) groups excluding carboxylic acids is 2. The molecule has 2 amide bonds. The molecule has 7 nitrogen and oxygen atoms in total. The summed E-state index contributed by atoms with van der Waals surface area (Å²) in [5.41, 5.74) is 10.4. The summed E-state index contributed by atoms with van der Waals surface area (Å²) in [7, 11) is 3.47. The molecule has 3 atom stereocenters. The van der Waals surface area contributed by atoms with Gasteiger partial charge in [-0.2, -0.15) is 0 Å². The zero-order chi connectivity index (χ0) is 35.8. The summed E-state index contributed by atoms with van der Waals surface area (Å²) in [5.74, 6) is -2.50. The molecule has 258 valence electrons. The van der Waals surface area contributed by atoms with Crippen molar-refractivity contribution in [3.63, 3.8) is 0 Å². The molecular formula is C41H43F2N5O2. The summed E-state index contributed by atoms with van der Waals surface area (Å²) in [5, 5.41) is 5.17. The molecule has 5 aromatic rings. The lowest BCUT2D eigenvalue weighted by molar-refractivity contribution is -0.125. The minimum atomic E-state index is -0.991. The van der Waals surface area contributed by atoms with Gasteiger partial charge in [0, 0.05) is 56.8 Å². The topological polar surface area (TPSA) is 91.6 Å². The van der Waals surface area contributed by atoms with Gasteiger partial charge < -0.3 is 20.9 Å². The maximum Gasteiger partial charge on any atom is 0.254 e. The summed E-state index contributed by atoms with van der Waals surface area (Å²) in [6.07, 6.45) is 4.46.